The van der Waals surface area contributed by atoms with Crippen LogP contribution in [0.4, 0.5) is 10.1 Å². The van der Waals surface area contributed by atoms with Crippen LogP contribution in [0.5, 0.6) is 0 Å². The molecule has 0 spiro atoms. The molecule has 0 fully saturated rings. The quantitative estimate of drug-likeness (QED) is 0.785. The fourth-order valence-electron chi connectivity index (χ4n) is 2.70. The lowest BCUT2D eigenvalue weighted by Crippen LogP contribution is -2.29. The summed E-state index contributed by atoms with van der Waals surface area (Å²) in [6.45, 7) is 2.81. The molecule has 0 saturated heterocycles. The van der Waals surface area contributed by atoms with Gasteiger partial charge in [0.15, 0.2) is 0 Å². The van der Waals surface area contributed by atoms with Crippen LogP contribution >= 0.6 is 15.9 Å². The van der Waals surface area contributed by atoms with Crippen molar-refractivity contribution in [2.45, 2.75) is 25.9 Å². The zero-order valence-electron chi connectivity index (χ0n) is 10.7. The van der Waals surface area contributed by atoms with Gasteiger partial charge in [0.05, 0.1) is 0 Å². The van der Waals surface area contributed by atoms with E-state index in [-0.39, 0.29) is 5.82 Å². The summed E-state index contributed by atoms with van der Waals surface area (Å²) in [7, 11) is 0. The number of fused-ring (bicyclic) bond motifs is 1. The lowest BCUT2D eigenvalue weighted by atomic mass is 10.1. The number of para-hydroxylation sites is 1. The first-order valence-electron chi connectivity index (χ1n) is 6.43. The Kier molecular flexibility index (Phi) is 3.31. The smallest absolute Gasteiger partial charge is 0.129 e. The van der Waals surface area contributed by atoms with Gasteiger partial charge in [0.1, 0.15) is 5.82 Å². The largest absolute Gasteiger partial charge is 0.364 e. The van der Waals surface area contributed by atoms with Crippen LogP contribution in [0.3, 0.4) is 0 Å². The van der Waals surface area contributed by atoms with Crippen molar-refractivity contribution in [1.82, 2.24) is 0 Å². The minimum absolute atomic E-state index is 0.147. The number of anilines is 1. The summed E-state index contributed by atoms with van der Waals surface area (Å²) in [5, 5.41) is 0. The first kappa shape index (κ1) is 12.7. The van der Waals surface area contributed by atoms with E-state index in [1.807, 2.05) is 18.2 Å². The number of halogens is 2. The summed E-state index contributed by atoms with van der Waals surface area (Å²) >= 11 is 3.29. The van der Waals surface area contributed by atoms with Crippen molar-refractivity contribution in [2.75, 3.05) is 4.90 Å². The van der Waals surface area contributed by atoms with E-state index in [1.54, 1.807) is 0 Å². The Bertz CT molecular complexity index is 611. The number of hydrogen-bond donors (Lipinski definition) is 0. The summed E-state index contributed by atoms with van der Waals surface area (Å²) < 4.78 is 14.7. The van der Waals surface area contributed by atoms with Crippen molar-refractivity contribution < 1.29 is 4.39 Å². The van der Waals surface area contributed by atoms with Crippen LogP contribution in [0.25, 0.3) is 0 Å². The molecule has 0 radical (unpaired) electrons. The normalized spacial score (nSPS) is 17.6. The Labute approximate surface area is 121 Å². The first-order chi connectivity index (χ1) is 9.15. The molecule has 0 N–H and O–H groups in total. The van der Waals surface area contributed by atoms with E-state index in [0.717, 1.165) is 16.5 Å². The van der Waals surface area contributed by atoms with Crippen LogP contribution in [-0.4, -0.2) is 6.04 Å². The fourth-order valence-corrected chi connectivity index (χ4v) is 3.04. The third-order valence-electron chi connectivity index (χ3n) is 3.70. The molecule has 1 unspecified atom stereocenters. The predicted octanol–water partition coefficient (Wildman–Crippen LogP) is 4.54. The minimum atomic E-state index is -0.147. The Morgan fingerprint density at radius 3 is 2.84 bits per heavy atom. The van der Waals surface area contributed by atoms with E-state index < -0.39 is 0 Å². The van der Waals surface area contributed by atoms with Crippen LogP contribution in [0.15, 0.2) is 46.9 Å². The molecular formula is C16H15BrFN. The molecule has 1 atom stereocenters. The molecular weight excluding hydrogens is 305 g/mol. The van der Waals surface area contributed by atoms with Gasteiger partial charge in [0.2, 0.25) is 0 Å². The van der Waals surface area contributed by atoms with Gasteiger partial charge in [-0.1, -0.05) is 40.2 Å². The van der Waals surface area contributed by atoms with E-state index in [0.29, 0.717) is 12.6 Å². The van der Waals surface area contributed by atoms with Gasteiger partial charge in [-0.15, -0.1) is 0 Å². The third-order valence-corrected chi connectivity index (χ3v) is 4.20. The fraction of sp³-hybridized carbons (Fsp3) is 0.250. The Morgan fingerprint density at radius 2 is 2.05 bits per heavy atom. The molecule has 0 bridgehead atoms. The molecule has 2 aromatic rings. The summed E-state index contributed by atoms with van der Waals surface area (Å²) in [5.74, 6) is -0.147. The second kappa shape index (κ2) is 4.97. The molecule has 3 heteroatoms. The van der Waals surface area contributed by atoms with Crippen LogP contribution in [0, 0.1) is 5.82 Å². The van der Waals surface area contributed by atoms with E-state index in [4.69, 9.17) is 0 Å². The van der Waals surface area contributed by atoms with Crippen LogP contribution in [0.1, 0.15) is 18.1 Å². The van der Waals surface area contributed by atoms with E-state index in [1.165, 1.54) is 17.3 Å². The number of rotatable bonds is 2. The Morgan fingerprint density at radius 1 is 1.26 bits per heavy atom. The Balaban J connectivity index is 1.91. The molecule has 0 aliphatic carbocycles. The maximum Gasteiger partial charge on any atom is 0.129 e. The van der Waals surface area contributed by atoms with Crippen LogP contribution in [-0.2, 0) is 13.0 Å². The minimum Gasteiger partial charge on any atom is -0.364 e. The van der Waals surface area contributed by atoms with Gasteiger partial charge >= 0.3 is 0 Å². The maximum atomic E-state index is 14.0. The standard InChI is InChI=1S/C16H15BrFN/c1-11-8-12-4-2-3-5-16(12)19(11)10-13-6-7-14(17)9-15(13)18/h2-7,9,11H,8,10H2,1H3. The summed E-state index contributed by atoms with van der Waals surface area (Å²) in [6.07, 6.45) is 1.04. The van der Waals surface area contributed by atoms with Gasteiger partial charge < -0.3 is 4.90 Å². The molecule has 1 aliphatic heterocycles. The van der Waals surface area contributed by atoms with Gasteiger partial charge in [-0.3, -0.25) is 0 Å². The molecule has 1 heterocycles. The average molecular weight is 320 g/mol. The SMILES string of the molecule is CC1Cc2ccccc2N1Cc1ccc(Br)cc1F. The van der Waals surface area contributed by atoms with Gasteiger partial charge in [-0.2, -0.15) is 0 Å². The number of nitrogens with zero attached hydrogens (tertiary/aromatic N) is 1. The lowest BCUT2D eigenvalue weighted by Gasteiger charge is -2.25. The van der Waals surface area contributed by atoms with Gasteiger partial charge in [-0.05, 0) is 37.1 Å². The summed E-state index contributed by atoms with van der Waals surface area (Å²) in [5.41, 5.74) is 3.33. The lowest BCUT2D eigenvalue weighted by molar-refractivity contribution is 0.592. The number of hydrogen-bond acceptors (Lipinski definition) is 1. The highest BCUT2D eigenvalue weighted by atomic mass is 79.9. The third kappa shape index (κ3) is 2.39. The zero-order valence-corrected chi connectivity index (χ0v) is 12.3. The maximum absolute atomic E-state index is 14.0. The molecule has 1 nitrogen and oxygen atoms in total. The van der Waals surface area contributed by atoms with Crippen LogP contribution in [0.2, 0.25) is 0 Å². The highest BCUT2D eigenvalue weighted by Crippen LogP contribution is 2.33. The highest BCUT2D eigenvalue weighted by Gasteiger charge is 2.25. The van der Waals surface area contributed by atoms with Crippen molar-refractivity contribution in [3.8, 4) is 0 Å². The molecule has 0 aromatic heterocycles. The molecule has 3 rings (SSSR count). The summed E-state index contributed by atoms with van der Waals surface area (Å²) in [4.78, 5) is 2.28. The topological polar surface area (TPSA) is 3.24 Å². The van der Waals surface area contributed by atoms with E-state index in [9.17, 15) is 4.39 Å². The number of benzene rings is 2. The molecule has 0 saturated carbocycles. The van der Waals surface area contributed by atoms with Crippen molar-refractivity contribution in [3.05, 3.63) is 63.9 Å². The summed E-state index contributed by atoms with van der Waals surface area (Å²) in [6, 6.07) is 14.1. The average Bonchev–Trinajstić information content (AvgIpc) is 2.69. The molecule has 98 valence electrons. The van der Waals surface area contributed by atoms with Gasteiger partial charge in [-0.25, -0.2) is 4.39 Å². The van der Waals surface area contributed by atoms with Crippen molar-refractivity contribution in [3.63, 3.8) is 0 Å². The van der Waals surface area contributed by atoms with Gasteiger partial charge in [0.25, 0.3) is 0 Å². The monoisotopic (exact) mass is 319 g/mol. The molecule has 1 aliphatic rings. The van der Waals surface area contributed by atoms with Crippen LogP contribution < -0.4 is 4.90 Å². The van der Waals surface area contributed by atoms with Crippen molar-refractivity contribution in [1.29, 1.82) is 0 Å². The van der Waals surface area contributed by atoms with Crippen molar-refractivity contribution >= 4 is 21.6 Å². The predicted molar refractivity (Wildman–Crippen MR) is 79.9 cm³/mol. The second-order valence-corrected chi connectivity index (χ2v) is 5.96. The van der Waals surface area contributed by atoms with E-state index >= 15 is 0 Å². The zero-order chi connectivity index (χ0) is 13.4. The molecule has 2 aromatic carbocycles. The van der Waals surface area contributed by atoms with Gasteiger partial charge in [0, 0.05) is 28.3 Å². The molecule has 19 heavy (non-hydrogen) atoms. The van der Waals surface area contributed by atoms with Crippen molar-refractivity contribution in [2.24, 2.45) is 0 Å². The second-order valence-electron chi connectivity index (χ2n) is 5.05. The van der Waals surface area contributed by atoms with E-state index in [2.05, 4.69) is 46.0 Å². The Hall–Kier alpha value is -1.35. The molecule has 0 amide bonds. The first-order valence-corrected chi connectivity index (χ1v) is 7.23. The highest BCUT2D eigenvalue weighted by molar-refractivity contribution is 9.10.